The quantitative estimate of drug-likeness (QED) is 0.723. The lowest BCUT2D eigenvalue weighted by Gasteiger charge is -2.06. The van der Waals surface area contributed by atoms with Crippen LogP contribution in [0.15, 0.2) is 41.9 Å². The van der Waals surface area contributed by atoms with E-state index >= 15 is 0 Å². The Morgan fingerprint density at radius 3 is 3.00 bits per heavy atom. The van der Waals surface area contributed by atoms with E-state index in [1.54, 1.807) is 0 Å². The van der Waals surface area contributed by atoms with E-state index in [0.717, 1.165) is 30.7 Å². The molecule has 0 fully saturated rings. The molecule has 3 aromatic rings. The molecule has 0 bridgehead atoms. The van der Waals surface area contributed by atoms with Gasteiger partial charge in [0.05, 0.1) is 11.2 Å². The van der Waals surface area contributed by atoms with Crippen LogP contribution < -0.4 is 5.32 Å². The number of fused-ring (bicyclic) bond motifs is 1. The summed E-state index contributed by atoms with van der Waals surface area (Å²) in [5, 5.41) is 10.5. The number of nitrogens with one attached hydrogen (secondary N) is 1. The molecule has 0 aliphatic rings. The lowest BCUT2D eigenvalue weighted by Crippen LogP contribution is -2.17. The van der Waals surface area contributed by atoms with Crippen molar-refractivity contribution in [1.82, 2.24) is 19.9 Å². The number of para-hydroxylation sites is 1. The second-order valence-electron chi connectivity index (χ2n) is 4.32. The lowest BCUT2D eigenvalue weighted by molar-refractivity contribution is 0.674. The molecule has 3 rings (SSSR count). The predicted molar refractivity (Wildman–Crippen MR) is 77.1 cm³/mol. The van der Waals surface area contributed by atoms with Crippen molar-refractivity contribution >= 4 is 22.4 Å². The second kappa shape index (κ2) is 5.86. The molecule has 0 saturated carbocycles. The highest BCUT2D eigenvalue weighted by Crippen LogP contribution is 2.15. The normalized spacial score (nSPS) is 10.9. The van der Waals surface area contributed by atoms with E-state index in [1.165, 1.54) is 22.5 Å². The Balaban J connectivity index is 1.62. The Morgan fingerprint density at radius 2 is 2.11 bits per heavy atom. The second-order valence-corrected chi connectivity index (χ2v) is 4.93. The molecule has 0 aliphatic carbocycles. The number of hydrogen-bond acceptors (Lipinski definition) is 5. The molecular weight excluding hydrogens is 256 g/mol. The fourth-order valence-corrected chi connectivity index (χ4v) is 2.52. The molecule has 0 aliphatic heterocycles. The van der Waals surface area contributed by atoms with Crippen molar-refractivity contribution < 1.29 is 0 Å². The minimum absolute atomic E-state index is 0.773. The maximum absolute atomic E-state index is 4.46. The van der Waals surface area contributed by atoms with Crippen LogP contribution in [0, 0.1) is 0 Å². The van der Waals surface area contributed by atoms with Crippen LogP contribution in [0.5, 0.6) is 0 Å². The van der Waals surface area contributed by atoms with Crippen LogP contribution in [0.4, 0.5) is 0 Å². The molecule has 1 aromatic carbocycles. The zero-order chi connectivity index (χ0) is 12.9. The highest BCUT2D eigenvalue weighted by atomic mass is 32.1. The smallest absolute Gasteiger partial charge is 0.0893 e. The summed E-state index contributed by atoms with van der Waals surface area (Å²) in [4.78, 5) is 4.46. The van der Waals surface area contributed by atoms with Crippen LogP contribution >= 0.6 is 11.5 Å². The molecule has 0 spiro atoms. The first-order valence-electron chi connectivity index (χ1n) is 6.23. The molecule has 1 N–H and O–H groups in total. The van der Waals surface area contributed by atoms with Crippen molar-refractivity contribution in [3.8, 4) is 0 Å². The summed E-state index contributed by atoms with van der Waals surface area (Å²) >= 11 is 1.38. The van der Waals surface area contributed by atoms with Gasteiger partial charge in [-0.25, -0.2) is 0 Å². The molecular formula is C14H14N4S. The van der Waals surface area contributed by atoms with Gasteiger partial charge >= 0.3 is 0 Å². The van der Waals surface area contributed by atoms with E-state index in [2.05, 4.69) is 44.2 Å². The SMILES string of the molecule is c1cnc2c(CCNCc3csnn3)cccc2c1. The van der Waals surface area contributed by atoms with E-state index in [-0.39, 0.29) is 0 Å². The molecule has 0 radical (unpaired) electrons. The van der Waals surface area contributed by atoms with E-state index in [9.17, 15) is 0 Å². The summed E-state index contributed by atoms with van der Waals surface area (Å²) in [5.74, 6) is 0. The fraction of sp³-hybridized carbons (Fsp3) is 0.214. The predicted octanol–water partition coefficient (Wildman–Crippen LogP) is 2.42. The maximum Gasteiger partial charge on any atom is 0.0893 e. The summed E-state index contributed by atoms with van der Waals surface area (Å²) in [7, 11) is 0. The molecule has 19 heavy (non-hydrogen) atoms. The van der Waals surface area contributed by atoms with Gasteiger partial charge in [0.1, 0.15) is 0 Å². The van der Waals surface area contributed by atoms with Crippen LogP contribution in [0.2, 0.25) is 0 Å². The molecule has 0 unspecified atom stereocenters. The molecule has 2 heterocycles. The molecule has 0 saturated heterocycles. The van der Waals surface area contributed by atoms with Crippen molar-refractivity contribution in [3.05, 3.63) is 53.2 Å². The molecule has 96 valence electrons. The highest BCUT2D eigenvalue weighted by molar-refractivity contribution is 7.03. The maximum atomic E-state index is 4.46. The number of rotatable bonds is 5. The number of hydrogen-bond donors (Lipinski definition) is 1. The minimum Gasteiger partial charge on any atom is -0.311 e. The number of benzene rings is 1. The van der Waals surface area contributed by atoms with Crippen molar-refractivity contribution in [1.29, 1.82) is 0 Å². The number of nitrogens with zero attached hydrogens (tertiary/aromatic N) is 3. The van der Waals surface area contributed by atoms with Crippen LogP contribution in [0.3, 0.4) is 0 Å². The van der Waals surface area contributed by atoms with Gasteiger partial charge in [-0.2, -0.15) is 0 Å². The molecule has 0 amide bonds. The first kappa shape index (κ1) is 12.2. The van der Waals surface area contributed by atoms with E-state index in [4.69, 9.17) is 0 Å². The highest BCUT2D eigenvalue weighted by Gasteiger charge is 2.01. The van der Waals surface area contributed by atoms with Gasteiger partial charge in [-0.05, 0) is 36.1 Å². The summed E-state index contributed by atoms with van der Waals surface area (Å²) in [6.45, 7) is 1.68. The first-order chi connectivity index (χ1) is 9.43. The molecule has 0 atom stereocenters. The Hall–Kier alpha value is -1.85. The van der Waals surface area contributed by atoms with Crippen molar-refractivity contribution in [3.63, 3.8) is 0 Å². The Labute approximate surface area is 115 Å². The largest absolute Gasteiger partial charge is 0.311 e. The molecule has 4 nitrogen and oxygen atoms in total. The van der Waals surface area contributed by atoms with Gasteiger partial charge < -0.3 is 5.32 Å². The summed E-state index contributed by atoms with van der Waals surface area (Å²) in [6.07, 6.45) is 2.81. The minimum atomic E-state index is 0.773. The number of aromatic nitrogens is 3. The van der Waals surface area contributed by atoms with Gasteiger partial charge in [0, 0.05) is 23.5 Å². The zero-order valence-electron chi connectivity index (χ0n) is 10.4. The zero-order valence-corrected chi connectivity index (χ0v) is 11.2. The third kappa shape index (κ3) is 2.94. The number of pyridine rings is 1. The van der Waals surface area contributed by atoms with E-state index in [0.29, 0.717) is 0 Å². The van der Waals surface area contributed by atoms with Gasteiger partial charge in [0.25, 0.3) is 0 Å². The topological polar surface area (TPSA) is 50.7 Å². The van der Waals surface area contributed by atoms with E-state index < -0.39 is 0 Å². The summed E-state index contributed by atoms with van der Waals surface area (Å²) in [5.41, 5.74) is 3.38. The fourth-order valence-electron chi connectivity index (χ4n) is 2.07. The van der Waals surface area contributed by atoms with Gasteiger partial charge in [0.2, 0.25) is 0 Å². The van der Waals surface area contributed by atoms with Crippen molar-refractivity contribution in [2.45, 2.75) is 13.0 Å². The average Bonchev–Trinajstić information content (AvgIpc) is 2.97. The molecule has 5 heteroatoms. The van der Waals surface area contributed by atoms with Crippen LogP contribution in [0.25, 0.3) is 10.9 Å². The Morgan fingerprint density at radius 1 is 1.16 bits per heavy atom. The average molecular weight is 270 g/mol. The molecule has 2 aromatic heterocycles. The van der Waals surface area contributed by atoms with Gasteiger partial charge in [0.15, 0.2) is 0 Å². The van der Waals surface area contributed by atoms with Crippen molar-refractivity contribution in [2.75, 3.05) is 6.54 Å². The third-order valence-electron chi connectivity index (χ3n) is 3.00. The van der Waals surface area contributed by atoms with E-state index in [1.807, 2.05) is 17.6 Å². The van der Waals surface area contributed by atoms with Gasteiger partial charge in [-0.15, -0.1) is 5.10 Å². The van der Waals surface area contributed by atoms with Crippen molar-refractivity contribution in [2.24, 2.45) is 0 Å². The Bertz CT molecular complexity index is 646. The standard InChI is InChI=1S/C14H14N4S/c1-3-11-5-2-7-16-14(11)12(4-1)6-8-15-9-13-10-19-18-17-13/h1-5,7,10,15H,6,8-9H2. The summed E-state index contributed by atoms with van der Waals surface area (Å²) < 4.78 is 3.84. The Kier molecular flexibility index (Phi) is 3.76. The lowest BCUT2D eigenvalue weighted by atomic mass is 10.1. The van der Waals surface area contributed by atoms with Gasteiger partial charge in [-0.1, -0.05) is 28.8 Å². The first-order valence-corrected chi connectivity index (χ1v) is 7.06. The third-order valence-corrected chi connectivity index (χ3v) is 3.55. The van der Waals surface area contributed by atoms with Crippen LogP contribution in [-0.4, -0.2) is 21.1 Å². The monoisotopic (exact) mass is 270 g/mol. The van der Waals surface area contributed by atoms with Crippen LogP contribution in [0.1, 0.15) is 11.3 Å². The van der Waals surface area contributed by atoms with Crippen LogP contribution in [-0.2, 0) is 13.0 Å². The van der Waals surface area contributed by atoms with Gasteiger partial charge in [-0.3, -0.25) is 4.98 Å². The summed E-state index contributed by atoms with van der Waals surface area (Å²) in [6, 6.07) is 10.4.